The third kappa shape index (κ3) is 7.85. The Balaban J connectivity index is 4.21. The molecule has 5 nitrogen and oxygen atoms in total. The molecule has 0 fully saturated rings. The van der Waals surface area contributed by atoms with Crippen molar-refractivity contribution in [2.24, 2.45) is 0 Å². The van der Waals surface area contributed by atoms with Crippen molar-refractivity contribution in [3.8, 4) is 0 Å². The van der Waals surface area contributed by atoms with Crippen molar-refractivity contribution < 1.29 is 24.2 Å². The standard InChI is InChI=1S/C11H26O5Si/c1-4-15-17(3,7-5-6-12)16-10(2)8-11(14)9-13/h10-14H,4-9H2,1-3H3. The molecule has 0 aromatic carbocycles. The summed E-state index contributed by atoms with van der Waals surface area (Å²) >= 11 is 0. The van der Waals surface area contributed by atoms with Gasteiger partial charge in [0.05, 0.1) is 12.7 Å². The van der Waals surface area contributed by atoms with Crippen LogP contribution in [0.2, 0.25) is 12.6 Å². The van der Waals surface area contributed by atoms with Crippen molar-refractivity contribution in [3.05, 3.63) is 0 Å². The van der Waals surface area contributed by atoms with Crippen LogP contribution in [-0.4, -0.2) is 55.9 Å². The van der Waals surface area contributed by atoms with E-state index in [1.807, 2.05) is 20.4 Å². The molecule has 0 bridgehead atoms. The van der Waals surface area contributed by atoms with Gasteiger partial charge in [0, 0.05) is 25.7 Å². The van der Waals surface area contributed by atoms with Crippen LogP contribution >= 0.6 is 0 Å². The lowest BCUT2D eigenvalue weighted by Gasteiger charge is -2.30. The lowest BCUT2D eigenvalue weighted by atomic mass is 10.2. The molecule has 104 valence electrons. The van der Waals surface area contributed by atoms with Crippen molar-refractivity contribution in [3.63, 3.8) is 0 Å². The van der Waals surface area contributed by atoms with Crippen molar-refractivity contribution in [1.82, 2.24) is 0 Å². The number of rotatable bonds is 10. The van der Waals surface area contributed by atoms with Gasteiger partial charge in [0.15, 0.2) is 0 Å². The van der Waals surface area contributed by atoms with Crippen LogP contribution in [0.1, 0.15) is 26.7 Å². The second-order valence-corrected chi connectivity index (χ2v) is 7.69. The molecule has 0 aromatic heterocycles. The van der Waals surface area contributed by atoms with Crippen LogP contribution in [-0.2, 0) is 8.85 Å². The fourth-order valence-corrected chi connectivity index (χ4v) is 4.49. The molecule has 3 N–H and O–H groups in total. The molecule has 0 saturated carbocycles. The van der Waals surface area contributed by atoms with Gasteiger partial charge in [-0.25, -0.2) is 0 Å². The van der Waals surface area contributed by atoms with E-state index in [-0.39, 0.29) is 19.3 Å². The first-order chi connectivity index (χ1) is 7.97. The van der Waals surface area contributed by atoms with Gasteiger partial charge >= 0.3 is 8.56 Å². The predicted octanol–water partition coefficient (Wildman–Crippen LogP) is 0.626. The number of hydrogen-bond donors (Lipinski definition) is 3. The van der Waals surface area contributed by atoms with E-state index in [9.17, 15) is 5.11 Å². The molecular weight excluding hydrogens is 240 g/mol. The van der Waals surface area contributed by atoms with Crippen LogP contribution in [0.25, 0.3) is 0 Å². The predicted molar refractivity (Wildman–Crippen MR) is 68.0 cm³/mol. The summed E-state index contributed by atoms with van der Waals surface area (Å²) in [4.78, 5) is 0. The van der Waals surface area contributed by atoms with Gasteiger partial charge in [-0.3, -0.25) is 0 Å². The van der Waals surface area contributed by atoms with E-state index in [4.69, 9.17) is 19.1 Å². The fourth-order valence-electron chi connectivity index (χ4n) is 1.80. The molecule has 3 unspecified atom stereocenters. The zero-order chi connectivity index (χ0) is 13.3. The Morgan fingerprint density at radius 1 is 1.29 bits per heavy atom. The molecule has 0 heterocycles. The van der Waals surface area contributed by atoms with Gasteiger partial charge in [-0.15, -0.1) is 0 Å². The van der Waals surface area contributed by atoms with Gasteiger partial charge in [0.1, 0.15) is 0 Å². The first-order valence-electron chi connectivity index (χ1n) is 6.19. The second kappa shape index (κ2) is 9.01. The average molecular weight is 266 g/mol. The molecule has 17 heavy (non-hydrogen) atoms. The van der Waals surface area contributed by atoms with Crippen LogP contribution in [0.3, 0.4) is 0 Å². The molecule has 0 amide bonds. The Morgan fingerprint density at radius 2 is 1.94 bits per heavy atom. The maximum Gasteiger partial charge on any atom is 0.335 e. The Morgan fingerprint density at radius 3 is 2.41 bits per heavy atom. The zero-order valence-electron chi connectivity index (χ0n) is 11.1. The van der Waals surface area contributed by atoms with Crippen molar-refractivity contribution in [2.75, 3.05) is 19.8 Å². The highest BCUT2D eigenvalue weighted by atomic mass is 28.4. The SMILES string of the molecule is CCO[Si](C)(CCCO)OC(C)CC(O)CO. The average Bonchev–Trinajstić information content (AvgIpc) is 2.26. The molecule has 0 rings (SSSR count). The van der Waals surface area contributed by atoms with Crippen molar-refractivity contribution >= 4 is 8.56 Å². The Hall–Kier alpha value is 0.0169. The first kappa shape index (κ1) is 17.0. The zero-order valence-corrected chi connectivity index (χ0v) is 12.1. The highest BCUT2D eigenvalue weighted by Crippen LogP contribution is 2.19. The lowest BCUT2D eigenvalue weighted by Crippen LogP contribution is -2.42. The first-order valence-corrected chi connectivity index (χ1v) is 8.71. The van der Waals surface area contributed by atoms with Gasteiger partial charge in [0.2, 0.25) is 0 Å². The summed E-state index contributed by atoms with van der Waals surface area (Å²) in [5, 5.41) is 27.0. The molecule has 3 atom stereocenters. The topological polar surface area (TPSA) is 79.2 Å². The van der Waals surface area contributed by atoms with E-state index in [0.29, 0.717) is 19.4 Å². The van der Waals surface area contributed by atoms with E-state index in [0.717, 1.165) is 6.04 Å². The maximum absolute atomic E-state index is 9.34. The maximum atomic E-state index is 9.34. The van der Waals surface area contributed by atoms with Gasteiger partial charge in [0.25, 0.3) is 0 Å². The largest absolute Gasteiger partial charge is 0.396 e. The minimum absolute atomic E-state index is 0.132. The van der Waals surface area contributed by atoms with Crippen LogP contribution in [0.15, 0.2) is 0 Å². The summed E-state index contributed by atoms with van der Waals surface area (Å²) in [5.41, 5.74) is 0. The molecule has 0 aromatic rings. The normalized spacial score (nSPS) is 18.7. The highest BCUT2D eigenvalue weighted by Gasteiger charge is 2.32. The summed E-state index contributed by atoms with van der Waals surface area (Å²) in [5.74, 6) is 0. The minimum atomic E-state index is -2.27. The molecule has 0 radical (unpaired) electrons. The smallest absolute Gasteiger partial charge is 0.335 e. The van der Waals surface area contributed by atoms with Gasteiger partial charge in [-0.05, 0) is 32.9 Å². The quantitative estimate of drug-likeness (QED) is 0.505. The molecule has 0 aliphatic heterocycles. The Kier molecular flexibility index (Phi) is 9.02. The Bertz CT molecular complexity index is 193. The molecule has 0 aliphatic carbocycles. The Labute approximate surface area is 105 Å². The molecular formula is C11H26O5Si. The fraction of sp³-hybridized carbons (Fsp3) is 1.00. The summed E-state index contributed by atoms with van der Waals surface area (Å²) in [6, 6.07) is 0.733. The number of aliphatic hydroxyl groups is 3. The van der Waals surface area contributed by atoms with Gasteiger partial charge in [-0.2, -0.15) is 0 Å². The number of aliphatic hydroxyl groups excluding tert-OH is 3. The van der Waals surface area contributed by atoms with Crippen molar-refractivity contribution in [2.45, 2.75) is 51.5 Å². The monoisotopic (exact) mass is 266 g/mol. The molecule has 6 heteroatoms. The van der Waals surface area contributed by atoms with Gasteiger partial charge in [-0.1, -0.05) is 0 Å². The van der Waals surface area contributed by atoms with E-state index in [1.54, 1.807) is 0 Å². The summed E-state index contributed by atoms with van der Waals surface area (Å²) in [6.07, 6.45) is 0.158. The van der Waals surface area contributed by atoms with E-state index in [2.05, 4.69) is 0 Å². The van der Waals surface area contributed by atoms with Crippen LogP contribution in [0, 0.1) is 0 Å². The summed E-state index contributed by atoms with van der Waals surface area (Å²) < 4.78 is 11.6. The van der Waals surface area contributed by atoms with Crippen LogP contribution < -0.4 is 0 Å². The highest BCUT2D eigenvalue weighted by molar-refractivity contribution is 6.66. The third-order valence-electron chi connectivity index (χ3n) is 2.50. The van der Waals surface area contributed by atoms with E-state index in [1.165, 1.54) is 0 Å². The third-order valence-corrected chi connectivity index (χ3v) is 5.57. The van der Waals surface area contributed by atoms with E-state index >= 15 is 0 Å². The molecule has 0 aliphatic rings. The van der Waals surface area contributed by atoms with E-state index < -0.39 is 14.7 Å². The van der Waals surface area contributed by atoms with Crippen LogP contribution in [0.5, 0.6) is 0 Å². The lowest BCUT2D eigenvalue weighted by molar-refractivity contribution is 0.0404. The minimum Gasteiger partial charge on any atom is -0.396 e. The molecule has 0 spiro atoms. The summed E-state index contributed by atoms with van der Waals surface area (Å²) in [7, 11) is -2.27. The second-order valence-electron chi connectivity index (χ2n) is 4.39. The molecule has 0 saturated heterocycles. The van der Waals surface area contributed by atoms with Crippen molar-refractivity contribution in [1.29, 1.82) is 0 Å². The van der Waals surface area contributed by atoms with Gasteiger partial charge < -0.3 is 24.2 Å². The number of hydrogen-bond acceptors (Lipinski definition) is 5. The van der Waals surface area contributed by atoms with Crippen LogP contribution in [0.4, 0.5) is 0 Å². The summed E-state index contributed by atoms with van der Waals surface area (Å²) in [6.45, 7) is 6.21.